The third-order valence-electron chi connectivity index (χ3n) is 10.1. The van der Waals surface area contributed by atoms with E-state index in [-0.39, 0.29) is 5.41 Å². The topological polar surface area (TPSA) is 0 Å². The summed E-state index contributed by atoms with van der Waals surface area (Å²) in [6.45, 7) is 4.72. The summed E-state index contributed by atoms with van der Waals surface area (Å²) in [5, 5.41) is 7.74. The van der Waals surface area contributed by atoms with Gasteiger partial charge in [-0.1, -0.05) is 159 Å². The number of hydrogen-bond acceptors (Lipinski definition) is 0. The molecule has 8 aromatic rings. The molecule has 1 aliphatic carbocycles. The minimum absolute atomic E-state index is 0.0227. The molecular weight excluding hydrogens is 540 g/mol. The summed E-state index contributed by atoms with van der Waals surface area (Å²) < 4.78 is 0. The minimum atomic E-state index is -0.0227. The van der Waals surface area contributed by atoms with E-state index < -0.39 is 0 Å². The molecule has 0 aliphatic heterocycles. The molecule has 9 rings (SSSR count). The van der Waals surface area contributed by atoms with Gasteiger partial charge >= 0.3 is 0 Å². The Kier molecular flexibility index (Phi) is 5.64. The van der Waals surface area contributed by atoms with Crippen molar-refractivity contribution < 1.29 is 0 Å². The zero-order valence-electron chi connectivity index (χ0n) is 25.5. The highest BCUT2D eigenvalue weighted by Crippen LogP contribution is 2.50. The van der Waals surface area contributed by atoms with Gasteiger partial charge in [0.25, 0.3) is 0 Å². The van der Waals surface area contributed by atoms with Crippen LogP contribution in [-0.4, -0.2) is 0 Å². The average molecular weight is 573 g/mol. The zero-order valence-corrected chi connectivity index (χ0v) is 25.5. The Hall–Kier alpha value is -5.46. The summed E-state index contributed by atoms with van der Waals surface area (Å²) in [4.78, 5) is 0. The summed E-state index contributed by atoms with van der Waals surface area (Å²) in [6, 6.07) is 58.3. The van der Waals surface area contributed by atoms with Gasteiger partial charge in [-0.2, -0.15) is 0 Å². The van der Waals surface area contributed by atoms with Crippen molar-refractivity contribution in [3.05, 3.63) is 169 Å². The molecule has 0 atom stereocenters. The van der Waals surface area contributed by atoms with E-state index in [0.717, 1.165) is 0 Å². The van der Waals surface area contributed by atoms with E-state index in [1.165, 1.54) is 88.0 Å². The van der Waals surface area contributed by atoms with Gasteiger partial charge in [-0.05, 0) is 100 Å². The van der Waals surface area contributed by atoms with Crippen molar-refractivity contribution in [1.29, 1.82) is 0 Å². The van der Waals surface area contributed by atoms with Crippen molar-refractivity contribution in [2.24, 2.45) is 0 Å². The van der Waals surface area contributed by atoms with E-state index in [1.807, 2.05) is 0 Å². The lowest BCUT2D eigenvalue weighted by molar-refractivity contribution is 0.661. The van der Waals surface area contributed by atoms with Crippen LogP contribution in [-0.2, 0) is 5.41 Å². The third kappa shape index (κ3) is 3.85. The van der Waals surface area contributed by atoms with Crippen LogP contribution in [0, 0.1) is 0 Å². The molecule has 0 bridgehead atoms. The number of rotatable bonds is 3. The first-order valence-electron chi connectivity index (χ1n) is 15.9. The van der Waals surface area contributed by atoms with Crippen molar-refractivity contribution in [1.82, 2.24) is 0 Å². The lowest BCUT2D eigenvalue weighted by Gasteiger charge is -2.22. The van der Waals surface area contributed by atoms with Crippen LogP contribution in [0.1, 0.15) is 25.0 Å². The summed E-state index contributed by atoms with van der Waals surface area (Å²) in [7, 11) is 0. The van der Waals surface area contributed by atoms with Crippen molar-refractivity contribution >= 4 is 32.3 Å². The summed E-state index contributed by atoms with van der Waals surface area (Å²) in [5.74, 6) is 0. The lowest BCUT2D eigenvalue weighted by atomic mass is 9.81. The van der Waals surface area contributed by atoms with Gasteiger partial charge in [-0.25, -0.2) is 0 Å². The average Bonchev–Trinajstić information content (AvgIpc) is 3.32. The summed E-state index contributed by atoms with van der Waals surface area (Å²) in [6.07, 6.45) is 0. The molecule has 1 aliphatic rings. The number of fused-ring (bicyclic) bond motifs is 6. The Balaban J connectivity index is 1.22. The van der Waals surface area contributed by atoms with E-state index in [4.69, 9.17) is 0 Å². The Morgan fingerprint density at radius 3 is 1.49 bits per heavy atom. The van der Waals surface area contributed by atoms with Crippen LogP contribution >= 0.6 is 0 Å². The van der Waals surface area contributed by atoms with Crippen molar-refractivity contribution in [3.8, 4) is 44.5 Å². The molecule has 0 radical (unpaired) electrons. The second-order valence-electron chi connectivity index (χ2n) is 12.9. The third-order valence-corrected chi connectivity index (χ3v) is 10.1. The Morgan fingerprint density at radius 1 is 0.333 bits per heavy atom. The number of benzene rings is 8. The van der Waals surface area contributed by atoms with Crippen molar-refractivity contribution in [2.45, 2.75) is 19.3 Å². The summed E-state index contributed by atoms with van der Waals surface area (Å²) in [5.41, 5.74) is 13.2. The Morgan fingerprint density at radius 2 is 0.844 bits per heavy atom. The van der Waals surface area contributed by atoms with Crippen LogP contribution in [0.3, 0.4) is 0 Å². The predicted molar refractivity (Wildman–Crippen MR) is 193 cm³/mol. The minimum Gasteiger partial charge on any atom is -0.0622 e. The van der Waals surface area contributed by atoms with E-state index in [1.54, 1.807) is 0 Å². The molecule has 0 nitrogen and oxygen atoms in total. The van der Waals surface area contributed by atoms with E-state index >= 15 is 0 Å². The first kappa shape index (κ1) is 26.0. The molecular formula is C45H32. The highest BCUT2D eigenvalue weighted by molar-refractivity contribution is 6.21. The van der Waals surface area contributed by atoms with Crippen LogP contribution in [0.4, 0.5) is 0 Å². The molecule has 0 saturated carbocycles. The van der Waals surface area contributed by atoms with Gasteiger partial charge in [0.1, 0.15) is 0 Å². The Bertz CT molecular complexity index is 2370. The maximum absolute atomic E-state index is 2.46. The fourth-order valence-corrected chi connectivity index (χ4v) is 7.90. The second-order valence-corrected chi connectivity index (χ2v) is 12.9. The first-order valence-corrected chi connectivity index (χ1v) is 15.9. The normalized spacial score (nSPS) is 13.3. The van der Waals surface area contributed by atoms with Gasteiger partial charge in [-0.3, -0.25) is 0 Å². The smallest absolute Gasteiger partial charge is 0.0159 e. The first-order chi connectivity index (χ1) is 22.1. The molecule has 212 valence electrons. The van der Waals surface area contributed by atoms with Crippen LogP contribution in [0.2, 0.25) is 0 Å². The maximum Gasteiger partial charge on any atom is 0.0159 e. The van der Waals surface area contributed by atoms with Crippen molar-refractivity contribution in [3.63, 3.8) is 0 Å². The monoisotopic (exact) mass is 572 g/mol. The van der Waals surface area contributed by atoms with Crippen LogP contribution in [0.15, 0.2) is 158 Å². The summed E-state index contributed by atoms with van der Waals surface area (Å²) >= 11 is 0. The van der Waals surface area contributed by atoms with Gasteiger partial charge in [0.15, 0.2) is 0 Å². The molecule has 0 heteroatoms. The molecule has 0 unspecified atom stereocenters. The Labute approximate surface area is 264 Å². The second kappa shape index (κ2) is 9.78. The predicted octanol–water partition coefficient (Wildman–Crippen LogP) is 12.5. The molecule has 0 N–H and O–H groups in total. The largest absolute Gasteiger partial charge is 0.0622 e. The van der Waals surface area contributed by atoms with Gasteiger partial charge in [0.2, 0.25) is 0 Å². The molecule has 0 fully saturated rings. The number of hydrogen-bond donors (Lipinski definition) is 0. The van der Waals surface area contributed by atoms with E-state index in [0.29, 0.717) is 0 Å². The molecule has 8 aromatic carbocycles. The van der Waals surface area contributed by atoms with Gasteiger partial charge < -0.3 is 0 Å². The molecule has 0 saturated heterocycles. The fraction of sp³-hybridized carbons (Fsp3) is 0.0667. The van der Waals surface area contributed by atoms with Crippen molar-refractivity contribution in [2.75, 3.05) is 0 Å². The van der Waals surface area contributed by atoms with E-state index in [2.05, 4.69) is 172 Å². The standard InChI is InChI=1S/C45H32/c1-45(2)41-22-11-10-16-34(41)40-27-32-15-12-21-33(39(32)28-42(40)45)29-23-25-31(26-24-29)44-37-19-8-6-17-35(37)43(30-13-4-3-5-14-30)36-18-7-9-20-38(36)44/h3-28H,1-2H3. The SMILES string of the molecule is CC1(C)c2ccccc2-c2cc3cccc(-c4ccc(-c5c6ccccc6c(-c6ccccc6)c6ccccc56)cc4)c3cc21. The molecule has 0 aromatic heterocycles. The van der Waals surface area contributed by atoms with Crippen LogP contribution < -0.4 is 0 Å². The molecule has 45 heavy (non-hydrogen) atoms. The van der Waals surface area contributed by atoms with Crippen LogP contribution in [0.25, 0.3) is 76.8 Å². The zero-order chi connectivity index (χ0) is 30.1. The lowest BCUT2D eigenvalue weighted by Crippen LogP contribution is -2.14. The quantitative estimate of drug-likeness (QED) is 0.185. The molecule has 0 heterocycles. The van der Waals surface area contributed by atoms with Gasteiger partial charge in [0, 0.05) is 5.41 Å². The fourth-order valence-electron chi connectivity index (χ4n) is 7.90. The van der Waals surface area contributed by atoms with Crippen LogP contribution in [0.5, 0.6) is 0 Å². The van der Waals surface area contributed by atoms with Gasteiger partial charge in [0.05, 0.1) is 0 Å². The molecule has 0 amide bonds. The molecule has 0 spiro atoms. The van der Waals surface area contributed by atoms with E-state index in [9.17, 15) is 0 Å². The highest BCUT2D eigenvalue weighted by atomic mass is 14.4. The highest BCUT2D eigenvalue weighted by Gasteiger charge is 2.35. The maximum atomic E-state index is 2.46. The van der Waals surface area contributed by atoms with Gasteiger partial charge in [-0.15, -0.1) is 0 Å².